The Morgan fingerprint density at radius 2 is 2.22 bits per heavy atom. The second-order valence-electron chi connectivity index (χ2n) is 6.25. The van der Waals surface area contributed by atoms with Gasteiger partial charge in [0.15, 0.2) is 0 Å². The van der Waals surface area contributed by atoms with Gasteiger partial charge in [-0.25, -0.2) is 4.98 Å². The number of nitrogens with zero attached hydrogens (tertiary/aromatic N) is 3. The van der Waals surface area contributed by atoms with Gasteiger partial charge in [0.05, 0.1) is 5.92 Å². The van der Waals surface area contributed by atoms with Crippen molar-refractivity contribution in [1.82, 2.24) is 19.8 Å². The number of imidazole rings is 1. The maximum atomic E-state index is 12.3. The number of amides is 2. The number of rotatable bonds is 5. The SMILES string of the molecule is Cc1nccn1CCNC(=O)C1CC(=O)N(C2CCOCC2)C1. The molecule has 1 N–H and O–H groups in total. The molecule has 0 bridgehead atoms. The Bertz CT molecular complexity index is 565. The Labute approximate surface area is 136 Å². The molecule has 0 radical (unpaired) electrons. The Morgan fingerprint density at radius 3 is 2.91 bits per heavy atom. The monoisotopic (exact) mass is 320 g/mol. The second-order valence-corrected chi connectivity index (χ2v) is 6.25. The Balaban J connectivity index is 1.46. The molecule has 126 valence electrons. The number of hydrogen-bond donors (Lipinski definition) is 1. The second kappa shape index (κ2) is 7.12. The van der Waals surface area contributed by atoms with Gasteiger partial charge in [-0.3, -0.25) is 9.59 Å². The van der Waals surface area contributed by atoms with Crippen molar-refractivity contribution in [1.29, 1.82) is 0 Å². The summed E-state index contributed by atoms with van der Waals surface area (Å²) in [6.45, 7) is 5.13. The zero-order valence-corrected chi connectivity index (χ0v) is 13.5. The topological polar surface area (TPSA) is 76.5 Å². The number of carbonyl (C=O) groups excluding carboxylic acids is 2. The maximum Gasteiger partial charge on any atom is 0.225 e. The third-order valence-corrected chi connectivity index (χ3v) is 4.74. The molecule has 2 aliphatic rings. The molecule has 7 nitrogen and oxygen atoms in total. The van der Waals surface area contributed by atoms with E-state index in [1.807, 2.05) is 22.6 Å². The molecule has 0 saturated carbocycles. The summed E-state index contributed by atoms with van der Waals surface area (Å²) < 4.78 is 7.34. The molecule has 23 heavy (non-hydrogen) atoms. The first-order valence-electron chi connectivity index (χ1n) is 8.28. The summed E-state index contributed by atoms with van der Waals surface area (Å²) in [6.07, 6.45) is 5.72. The molecule has 0 aromatic carbocycles. The van der Waals surface area contributed by atoms with Crippen molar-refractivity contribution in [2.45, 2.75) is 38.8 Å². The van der Waals surface area contributed by atoms with Gasteiger partial charge in [0.2, 0.25) is 11.8 Å². The Morgan fingerprint density at radius 1 is 1.43 bits per heavy atom. The predicted octanol–water partition coefficient (Wildman–Crippen LogP) is 0.335. The van der Waals surface area contributed by atoms with Crippen LogP contribution in [0, 0.1) is 12.8 Å². The highest BCUT2D eigenvalue weighted by atomic mass is 16.5. The van der Waals surface area contributed by atoms with Gasteiger partial charge < -0.3 is 19.5 Å². The molecular weight excluding hydrogens is 296 g/mol. The van der Waals surface area contributed by atoms with Crippen LogP contribution in [0.2, 0.25) is 0 Å². The standard InChI is InChI=1S/C16H24N4O3/c1-12-17-4-6-19(12)7-5-18-16(22)13-10-15(21)20(11-13)14-2-8-23-9-3-14/h4,6,13-14H,2-3,5,7-11H2,1H3,(H,18,22). The number of hydrogen-bond acceptors (Lipinski definition) is 4. The lowest BCUT2D eigenvalue weighted by molar-refractivity contribution is -0.131. The highest BCUT2D eigenvalue weighted by Crippen LogP contribution is 2.24. The fourth-order valence-electron chi connectivity index (χ4n) is 3.34. The van der Waals surface area contributed by atoms with Crippen LogP contribution in [0.25, 0.3) is 0 Å². The van der Waals surface area contributed by atoms with Crippen molar-refractivity contribution >= 4 is 11.8 Å². The number of aromatic nitrogens is 2. The van der Waals surface area contributed by atoms with E-state index in [0.717, 1.165) is 18.7 Å². The summed E-state index contributed by atoms with van der Waals surface area (Å²) in [5, 5.41) is 2.94. The van der Waals surface area contributed by atoms with E-state index >= 15 is 0 Å². The van der Waals surface area contributed by atoms with Crippen LogP contribution in [0.1, 0.15) is 25.1 Å². The first kappa shape index (κ1) is 16.0. The van der Waals surface area contributed by atoms with E-state index in [0.29, 0.717) is 39.3 Å². The number of ether oxygens (including phenoxy) is 1. The van der Waals surface area contributed by atoms with Crippen molar-refractivity contribution in [3.8, 4) is 0 Å². The molecule has 0 aliphatic carbocycles. The smallest absolute Gasteiger partial charge is 0.225 e. The minimum atomic E-state index is -0.228. The number of aryl methyl sites for hydroxylation is 1. The van der Waals surface area contributed by atoms with Gasteiger partial charge in [0.1, 0.15) is 5.82 Å². The maximum absolute atomic E-state index is 12.3. The van der Waals surface area contributed by atoms with Gasteiger partial charge in [0.25, 0.3) is 0 Å². The molecule has 3 heterocycles. The quantitative estimate of drug-likeness (QED) is 0.848. The summed E-state index contributed by atoms with van der Waals surface area (Å²) in [5.41, 5.74) is 0. The summed E-state index contributed by atoms with van der Waals surface area (Å²) in [4.78, 5) is 30.5. The van der Waals surface area contributed by atoms with Crippen molar-refractivity contribution in [2.75, 3.05) is 26.3 Å². The van der Waals surface area contributed by atoms with E-state index in [1.54, 1.807) is 6.20 Å². The third-order valence-electron chi connectivity index (χ3n) is 4.74. The van der Waals surface area contributed by atoms with Crippen molar-refractivity contribution < 1.29 is 14.3 Å². The molecule has 1 aromatic rings. The first-order valence-corrected chi connectivity index (χ1v) is 8.28. The average molecular weight is 320 g/mol. The predicted molar refractivity (Wildman–Crippen MR) is 83.6 cm³/mol. The fourth-order valence-corrected chi connectivity index (χ4v) is 3.34. The van der Waals surface area contributed by atoms with Crippen LogP contribution < -0.4 is 5.32 Å². The normalized spacial score (nSPS) is 22.6. The lowest BCUT2D eigenvalue weighted by Crippen LogP contribution is -2.41. The Hall–Kier alpha value is -1.89. The molecule has 2 saturated heterocycles. The van der Waals surface area contributed by atoms with Crippen molar-refractivity contribution in [3.05, 3.63) is 18.2 Å². The van der Waals surface area contributed by atoms with Gasteiger partial charge >= 0.3 is 0 Å². The molecular formula is C16H24N4O3. The van der Waals surface area contributed by atoms with E-state index in [4.69, 9.17) is 4.74 Å². The summed E-state index contributed by atoms with van der Waals surface area (Å²) >= 11 is 0. The molecule has 1 unspecified atom stereocenters. The highest BCUT2D eigenvalue weighted by molar-refractivity contribution is 5.89. The van der Waals surface area contributed by atoms with Crippen molar-refractivity contribution in [3.63, 3.8) is 0 Å². The van der Waals surface area contributed by atoms with Gasteiger partial charge in [-0.2, -0.15) is 0 Å². The summed E-state index contributed by atoms with van der Waals surface area (Å²) in [5.74, 6) is 0.781. The van der Waals surface area contributed by atoms with Crippen LogP contribution >= 0.6 is 0 Å². The lowest BCUT2D eigenvalue weighted by Gasteiger charge is -2.31. The number of carbonyl (C=O) groups is 2. The molecule has 3 rings (SSSR count). The zero-order chi connectivity index (χ0) is 16.2. The molecule has 7 heteroatoms. The van der Waals surface area contributed by atoms with Crippen LogP contribution in [0.15, 0.2) is 12.4 Å². The molecule has 1 atom stereocenters. The molecule has 2 fully saturated rings. The van der Waals surface area contributed by atoms with Crippen LogP contribution in [0.3, 0.4) is 0 Å². The van der Waals surface area contributed by atoms with E-state index in [9.17, 15) is 9.59 Å². The van der Waals surface area contributed by atoms with E-state index in [1.165, 1.54) is 0 Å². The minimum Gasteiger partial charge on any atom is -0.381 e. The van der Waals surface area contributed by atoms with E-state index in [2.05, 4.69) is 10.3 Å². The van der Waals surface area contributed by atoms with Crippen LogP contribution in [0.5, 0.6) is 0 Å². The minimum absolute atomic E-state index is 0.0225. The molecule has 0 spiro atoms. The molecule has 2 aliphatic heterocycles. The van der Waals surface area contributed by atoms with Crippen LogP contribution in [-0.4, -0.2) is 58.6 Å². The highest BCUT2D eigenvalue weighted by Gasteiger charge is 2.38. The Kier molecular flexibility index (Phi) is 4.95. The van der Waals surface area contributed by atoms with E-state index in [-0.39, 0.29) is 23.8 Å². The number of nitrogens with one attached hydrogen (secondary N) is 1. The third kappa shape index (κ3) is 3.72. The van der Waals surface area contributed by atoms with Crippen LogP contribution in [-0.2, 0) is 20.9 Å². The average Bonchev–Trinajstić information content (AvgIpc) is 3.14. The molecule has 1 aromatic heterocycles. The summed E-state index contributed by atoms with van der Waals surface area (Å²) in [6, 6.07) is 0.239. The van der Waals surface area contributed by atoms with Gasteiger partial charge in [-0.05, 0) is 19.8 Å². The van der Waals surface area contributed by atoms with E-state index < -0.39 is 0 Å². The number of likely N-dealkylation sites (tertiary alicyclic amines) is 1. The molecule has 2 amide bonds. The largest absolute Gasteiger partial charge is 0.381 e. The summed E-state index contributed by atoms with van der Waals surface area (Å²) in [7, 11) is 0. The van der Waals surface area contributed by atoms with Gasteiger partial charge in [-0.1, -0.05) is 0 Å². The zero-order valence-electron chi connectivity index (χ0n) is 13.5. The lowest BCUT2D eigenvalue weighted by atomic mass is 10.1. The van der Waals surface area contributed by atoms with Gasteiger partial charge in [-0.15, -0.1) is 0 Å². The van der Waals surface area contributed by atoms with Crippen molar-refractivity contribution in [2.24, 2.45) is 5.92 Å². The van der Waals surface area contributed by atoms with Gasteiger partial charge in [0, 0.05) is 57.7 Å². The van der Waals surface area contributed by atoms with Crippen LogP contribution in [0.4, 0.5) is 0 Å². The first-order chi connectivity index (χ1) is 11.1. The fraction of sp³-hybridized carbons (Fsp3) is 0.688.